The Kier molecular flexibility index (Phi) is 20.3. The number of hydrogen-bond donors (Lipinski definition) is 3. The first kappa shape index (κ1) is 51.3. The topological polar surface area (TPSA) is 177 Å². The SMILES string of the molecule is CC1=C(C)C(=O)C(CCCOC(=O)CCCCC[C@H](NC(=O)[C@@H]2CCCN2C(=O)[C@H](/C=C/[C@H](CC(C)C)NC(=O)OC(C)(C)C)Cc2ccccc2)C(=O)NC(C)C)=C(C)C1=O. The normalized spacial score (nSPS) is 17.4. The fourth-order valence-electron chi connectivity index (χ4n) is 7.72. The monoisotopic (exact) mass is 861 g/mol. The Morgan fingerprint density at radius 1 is 0.839 bits per heavy atom. The van der Waals surface area contributed by atoms with Crippen molar-refractivity contribution < 1.29 is 43.0 Å². The molecule has 4 atom stereocenters. The number of alkyl carbamates (subject to hydrolysis) is 1. The second-order valence-electron chi connectivity index (χ2n) is 18.4. The third kappa shape index (κ3) is 16.7. The molecule has 1 fully saturated rings. The number of unbranched alkanes of at least 4 members (excludes halogenated alkanes) is 2. The van der Waals surface area contributed by atoms with Crippen LogP contribution >= 0.6 is 0 Å². The van der Waals surface area contributed by atoms with E-state index in [4.69, 9.17) is 9.47 Å². The van der Waals surface area contributed by atoms with Crippen LogP contribution in [0.2, 0.25) is 0 Å². The average Bonchev–Trinajstić information content (AvgIpc) is 3.69. The van der Waals surface area contributed by atoms with E-state index in [1.165, 1.54) is 0 Å². The van der Waals surface area contributed by atoms with Crippen molar-refractivity contribution in [2.75, 3.05) is 13.2 Å². The molecular formula is C49H72N4O9. The molecule has 3 rings (SSSR count). The average molecular weight is 861 g/mol. The number of nitrogens with zero attached hydrogens (tertiary/aromatic N) is 1. The van der Waals surface area contributed by atoms with Gasteiger partial charge in [-0.2, -0.15) is 0 Å². The highest BCUT2D eigenvalue weighted by Crippen LogP contribution is 2.27. The predicted molar refractivity (Wildman–Crippen MR) is 240 cm³/mol. The summed E-state index contributed by atoms with van der Waals surface area (Å²) >= 11 is 0. The summed E-state index contributed by atoms with van der Waals surface area (Å²) in [4.78, 5) is 93.7. The summed E-state index contributed by atoms with van der Waals surface area (Å²) in [6.45, 7) is 18.7. The Morgan fingerprint density at radius 2 is 1.52 bits per heavy atom. The molecule has 2 aliphatic rings. The van der Waals surface area contributed by atoms with Crippen molar-refractivity contribution in [3.05, 3.63) is 70.3 Å². The van der Waals surface area contributed by atoms with Gasteiger partial charge in [-0.15, -0.1) is 0 Å². The van der Waals surface area contributed by atoms with Gasteiger partial charge >= 0.3 is 12.1 Å². The van der Waals surface area contributed by atoms with E-state index >= 15 is 0 Å². The van der Waals surface area contributed by atoms with Crippen molar-refractivity contribution in [3.63, 3.8) is 0 Å². The number of ketones is 2. The van der Waals surface area contributed by atoms with Gasteiger partial charge in [-0.1, -0.05) is 69.2 Å². The number of amides is 4. The molecule has 1 aliphatic heterocycles. The maximum Gasteiger partial charge on any atom is 0.408 e. The highest BCUT2D eigenvalue weighted by molar-refractivity contribution is 6.24. The maximum absolute atomic E-state index is 14.4. The number of rotatable bonds is 22. The number of likely N-dealkylation sites (tertiary alicyclic amines) is 1. The van der Waals surface area contributed by atoms with E-state index in [0.717, 1.165) is 5.56 Å². The third-order valence-corrected chi connectivity index (χ3v) is 11.0. The fraction of sp³-hybridized carbons (Fsp3) is 0.612. The standard InChI is InChI=1S/C49H72N4O9/c1-31(2)29-38(51-48(60)62-49(8,9)10)26-25-37(30-36-19-13-11-14-20-36)47(59)53-27-17-23-41(53)46(58)52-40(45(57)50-32(3)4)22-15-12-16-24-42(54)61-28-18-21-39-35(7)43(55)33(5)34(6)44(39)56/h11,13-14,19-20,25-26,31-32,37-38,40-41H,12,15-18,21-24,27-30H2,1-10H3,(H,50,57)(H,51,60)(H,52,58)/b26-25+/t37-,38-,40+,41+/m1/s1. The molecule has 62 heavy (non-hydrogen) atoms. The minimum Gasteiger partial charge on any atom is -0.466 e. The van der Waals surface area contributed by atoms with E-state index in [9.17, 15) is 33.6 Å². The molecule has 342 valence electrons. The van der Waals surface area contributed by atoms with Crippen LogP contribution in [0, 0.1) is 11.8 Å². The van der Waals surface area contributed by atoms with Gasteiger partial charge in [0.05, 0.1) is 18.6 Å². The van der Waals surface area contributed by atoms with Crippen molar-refractivity contribution in [3.8, 4) is 0 Å². The van der Waals surface area contributed by atoms with Crippen LogP contribution in [-0.2, 0) is 44.7 Å². The van der Waals surface area contributed by atoms with Gasteiger partial charge in [-0.3, -0.25) is 28.8 Å². The van der Waals surface area contributed by atoms with E-state index in [0.29, 0.717) is 93.0 Å². The molecule has 1 saturated heterocycles. The van der Waals surface area contributed by atoms with Crippen LogP contribution in [0.3, 0.4) is 0 Å². The Labute approximate surface area is 369 Å². The number of carbonyl (C=O) groups is 7. The van der Waals surface area contributed by atoms with E-state index in [2.05, 4.69) is 29.8 Å². The largest absolute Gasteiger partial charge is 0.466 e. The van der Waals surface area contributed by atoms with Crippen LogP contribution in [0.25, 0.3) is 0 Å². The van der Waals surface area contributed by atoms with Crippen molar-refractivity contribution in [1.29, 1.82) is 0 Å². The highest BCUT2D eigenvalue weighted by Gasteiger charge is 2.38. The molecule has 1 heterocycles. The molecule has 0 saturated carbocycles. The molecule has 3 N–H and O–H groups in total. The molecule has 0 aromatic heterocycles. The van der Waals surface area contributed by atoms with Crippen LogP contribution in [0.5, 0.6) is 0 Å². The van der Waals surface area contributed by atoms with Crippen molar-refractivity contribution >= 4 is 41.4 Å². The zero-order chi connectivity index (χ0) is 46.1. The summed E-state index contributed by atoms with van der Waals surface area (Å²) in [5.41, 5.74) is 2.15. The maximum atomic E-state index is 14.4. The molecular weight excluding hydrogens is 789 g/mol. The number of benzene rings is 1. The van der Waals surface area contributed by atoms with Crippen LogP contribution < -0.4 is 16.0 Å². The van der Waals surface area contributed by atoms with E-state index in [1.807, 2.05) is 56.3 Å². The van der Waals surface area contributed by atoms with Gasteiger partial charge in [0.15, 0.2) is 11.6 Å². The number of ether oxygens (including phenoxy) is 2. The van der Waals surface area contributed by atoms with Gasteiger partial charge in [0.25, 0.3) is 0 Å². The number of allylic oxidation sites excluding steroid dienone is 4. The number of hydrogen-bond acceptors (Lipinski definition) is 9. The van der Waals surface area contributed by atoms with Crippen molar-refractivity contribution in [1.82, 2.24) is 20.9 Å². The van der Waals surface area contributed by atoms with Crippen LogP contribution in [-0.4, -0.2) is 89.2 Å². The number of nitrogens with one attached hydrogen (secondary N) is 3. The predicted octanol–water partition coefficient (Wildman–Crippen LogP) is 7.42. The Morgan fingerprint density at radius 3 is 2.16 bits per heavy atom. The molecule has 0 unspecified atom stereocenters. The Hall–Kier alpha value is -5.07. The van der Waals surface area contributed by atoms with Crippen molar-refractivity contribution in [2.45, 2.75) is 170 Å². The van der Waals surface area contributed by atoms with E-state index in [1.54, 1.807) is 46.4 Å². The molecule has 1 aromatic rings. The first-order valence-electron chi connectivity index (χ1n) is 22.4. The number of Topliss-reactive ketones (excluding diaryl/α,β-unsaturated/α-hetero) is 2. The first-order valence-corrected chi connectivity index (χ1v) is 22.4. The lowest BCUT2D eigenvalue weighted by Crippen LogP contribution is -2.54. The summed E-state index contributed by atoms with van der Waals surface area (Å²) in [6.07, 6.45) is 8.28. The minimum atomic E-state index is -0.834. The van der Waals surface area contributed by atoms with Gasteiger partial charge in [-0.25, -0.2) is 4.79 Å². The van der Waals surface area contributed by atoms with E-state index < -0.39 is 29.7 Å². The summed E-state index contributed by atoms with van der Waals surface area (Å²) in [7, 11) is 0. The smallest absolute Gasteiger partial charge is 0.408 e. The Balaban J connectivity index is 1.62. The lowest BCUT2D eigenvalue weighted by Gasteiger charge is -2.29. The number of carbonyl (C=O) groups excluding carboxylic acids is 7. The quantitative estimate of drug-likeness (QED) is 0.0464. The summed E-state index contributed by atoms with van der Waals surface area (Å²) in [6, 6.07) is 7.54. The second kappa shape index (κ2) is 24.5. The van der Waals surface area contributed by atoms with Crippen LogP contribution in [0.15, 0.2) is 64.8 Å². The fourth-order valence-corrected chi connectivity index (χ4v) is 7.72. The lowest BCUT2D eigenvalue weighted by molar-refractivity contribution is -0.144. The molecule has 0 bridgehead atoms. The molecule has 1 aliphatic carbocycles. The highest BCUT2D eigenvalue weighted by atomic mass is 16.6. The number of esters is 1. The van der Waals surface area contributed by atoms with E-state index in [-0.39, 0.29) is 66.3 Å². The van der Waals surface area contributed by atoms with Crippen LogP contribution in [0.4, 0.5) is 4.79 Å². The van der Waals surface area contributed by atoms with Crippen LogP contribution in [0.1, 0.15) is 139 Å². The summed E-state index contributed by atoms with van der Waals surface area (Å²) in [5.74, 6) is -1.89. The molecule has 13 nitrogen and oxygen atoms in total. The molecule has 0 radical (unpaired) electrons. The van der Waals surface area contributed by atoms with Crippen molar-refractivity contribution in [2.24, 2.45) is 11.8 Å². The second-order valence-corrected chi connectivity index (χ2v) is 18.4. The minimum absolute atomic E-state index is 0.122. The van der Waals surface area contributed by atoms with Gasteiger partial charge in [0.2, 0.25) is 17.7 Å². The first-order chi connectivity index (χ1) is 29.2. The summed E-state index contributed by atoms with van der Waals surface area (Å²) in [5, 5.41) is 8.81. The lowest BCUT2D eigenvalue weighted by atomic mass is 9.84. The van der Waals surface area contributed by atoms with Gasteiger partial charge in [0, 0.05) is 41.3 Å². The summed E-state index contributed by atoms with van der Waals surface area (Å²) < 4.78 is 10.9. The molecule has 0 spiro atoms. The molecule has 13 heteroatoms. The molecule has 1 aromatic carbocycles. The zero-order valence-electron chi connectivity index (χ0n) is 38.8. The zero-order valence-corrected chi connectivity index (χ0v) is 38.8. The van der Waals surface area contributed by atoms with Gasteiger partial charge < -0.3 is 30.3 Å². The third-order valence-electron chi connectivity index (χ3n) is 11.0. The van der Waals surface area contributed by atoms with Gasteiger partial charge in [-0.05, 0) is 118 Å². The molecule has 4 amide bonds. The van der Waals surface area contributed by atoms with Gasteiger partial charge in [0.1, 0.15) is 17.7 Å². The Bertz CT molecular complexity index is 1840.